The molecule has 1 saturated carbocycles. The van der Waals surface area contributed by atoms with E-state index >= 15 is 0 Å². The fraction of sp³-hybridized carbons (Fsp3) is 0.227. The quantitative estimate of drug-likeness (QED) is 0.649. The second kappa shape index (κ2) is 7.31. The molecule has 3 N–H and O–H groups in total. The first-order chi connectivity index (χ1) is 13.5. The number of Topliss-reactive ketones (excluding diaryl/α,β-unsaturated/α-hetero) is 1. The standard InChI is InChI=1S/C22H22N4O2/c1-14-7-8-16(22(28)25-17-9-10-17)12-18(14)26-13-24-20(21(26)23)19(27)11-15-5-3-2-4-6-15/h2-8,12-13,17H,9-11,23H2,1H3,(H,25,28). The number of nitrogens with zero attached hydrogens (tertiary/aromatic N) is 2. The van der Waals surface area contributed by atoms with Crippen molar-refractivity contribution >= 4 is 17.5 Å². The van der Waals surface area contributed by atoms with E-state index in [1.54, 1.807) is 23.0 Å². The molecule has 0 aliphatic heterocycles. The number of aryl methyl sites for hydroxylation is 1. The molecule has 28 heavy (non-hydrogen) atoms. The summed E-state index contributed by atoms with van der Waals surface area (Å²) in [6, 6.07) is 15.3. The molecule has 142 valence electrons. The van der Waals surface area contributed by atoms with Gasteiger partial charge in [0.05, 0.1) is 5.69 Å². The second-order valence-electron chi connectivity index (χ2n) is 7.18. The van der Waals surface area contributed by atoms with Crippen molar-refractivity contribution in [3.63, 3.8) is 0 Å². The number of anilines is 1. The van der Waals surface area contributed by atoms with Gasteiger partial charge in [0.1, 0.15) is 17.8 Å². The average molecular weight is 374 g/mol. The van der Waals surface area contributed by atoms with E-state index in [0.717, 1.165) is 29.7 Å². The van der Waals surface area contributed by atoms with Gasteiger partial charge in [0.15, 0.2) is 5.78 Å². The molecule has 2 aromatic carbocycles. The smallest absolute Gasteiger partial charge is 0.251 e. The summed E-state index contributed by atoms with van der Waals surface area (Å²) in [6.07, 6.45) is 3.85. The molecule has 0 unspecified atom stereocenters. The molecule has 1 fully saturated rings. The van der Waals surface area contributed by atoms with Crippen molar-refractivity contribution in [2.24, 2.45) is 0 Å². The maximum Gasteiger partial charge on any atom is 0.251 e. The van der Waals surface area contributed by atoms with Crippen LogP contribution in [0.25, 0.3) is 5.69 Å². The molecule has 3 aromatic rings. The van der Waals surface area contributed by atoms with Crippen LogP contribution in [0.4, 0.5) is 5.82 Å². The number of imidazole rings is 1. The molecule has 4 rings (SSSR count). The summed E-state index contributed by atoms with van der Waals surface area (Å²) in [4.78, 5) is 29.3. The third kappa shape index (κ3) is 3.67. The van der Waals surface area contributed by atoms with Crippen LogP contribution in [0.2, 0.25) is 0 Å². The van der Waals surface area contributed by atoms with Crippen LogP contribution < -0.4 is 11.1 Å². The Balaban J connectivity index is 1.61. The van der Waals surface area contributed by atoms with Crippen molar-refractivity contribution < 1.29 is 9.59 Å². The minimum absolute atomic E-state index is 0.0946. The Morgan fingerprint density at radius 3 is 2.64 bits per heavy atom. The highest BCUT2D eigenvalue weighted by atomic mass is 16.1. The molecule has 6 heteroatoms. The van der Waals surface area contributed by atoms with Crippen molar-refractivity contribution in [3.05, 3.63) is 77.2 Å². The van der Waals surface area contributed by atoms with E-state index in [4.69, 9.17) is 5.73 Å². The summed E-state index contributed by atoms with van der Waals surface area (Å²) in [5.74, 6) is 0.0503. The number of carbonyl (C=O) groups excluding carboxylic acids is 2. The Labute approximate surface area is 163 Å². The molecule has 1 amide bonds. The number of aromatic nitrogens is 2. The molecule has 1 aromatic heterocycles. The summed E-state index contributed by atoms with van der Waals surface area (Å²) < 4.78 is 1.67. The van der Waals surface area contributed by atoms with Gasteiger partial charge in [0.2, 0.25) is 0 Å². The third-order valence-corrected chi connectivity index (χ3v) is 4.92. The zero-order valence-electron chi connectivity index (χ0n) is 15.7. The Bertz CT molecular complexity index is 1040. The molecule has 0 bridgehead atoms. The first-order valence-electron chi connectivity index (χ1n) is 9.35. The number of nitrogen functional groups attached to an aromatic ring is 1. The predicted octanol–water partition coefficient (Wildman–Crippen LogP) is 3.08. The van der Waals surface area contributed by atoms with Gasteiger partial charge < -0.3 is 11.1 Å². The maximum atomic E-state index is 12.6. The van der Waals surface area contributed by atoms with Crippen molar-refractivity contribution in [2.45, 2.75) is 32.2 Å². The van der Waals surface area contributed by atoms with E-state index in [0.29, 0.717) is 5.56 Å². The van der Waals surface area contributed by atoms with Gasteiger partial charge >= 0.3 is 0 Å². The lowest BCUT2D eigenvalue weighted by Crippen LogP contribution is -2.25. The Morgan fingerprint density at radius 1 is 1.18 bits per heavy atom. The number of nitrogens with two attached hydrogens (primary N) is 1. The highest BCUT2D eigenvalue weighted by Gasteiger charge is 2.24. The van der Waals surface area contributed by atoms with E-state index < -0.39 is 0 Å². The van der Waals surface area contributed by atoms with Gasteiger partial charge in [0, 0.05) is 18.0 Å². The highest BCUT2D eigenvalue weighted by molar-refractivity contribution is 6.00. The summed E-state index contributed by atoms with van der Waals surface area (Å²) in [5.41, 5.74) is 9.66. The van der Waals surface area contributed by atoms with Crippen molar-refractivity contribution in [1.82, 2.24) is 14.9 Å². The maximum absolute atomic E-state index is 12.6. The minimum Gasteiger partial charge on any atom is -0.383 e. The van der Waals surface area contributed by atoms with Crippen LogP contribution >= 0.6 is 0 Å². The molecule has 0 radical (unpaired) electrons. The summed E-state index contributed by atoms with van der Waals surface area (Å²) in [5, 5.41) is 2.98. The minimum atomic E-state index is -0.136. The monoisotopic (exact) mass is 374 g/mol. The summed E-state index contributed by atoms with van der Waals surface area (Å²) >= 11 is 0. The lowest BCUT2D eigenvalue weighted by atomic mass is 10.1. The Hall–Kier alpha value is -3.41. The lowest BCUT2D eigenvalue weighted by Gasteiger charge is -2.12. The topological polar surface area (TPSA) is 90.0 Å². The molecule has 1 heterocycles. The van der Waals surface area contributed by atoms with Gasteiger partial charge in [-0.15, -0.1) is 0 Å². The van der Waals surface area contributed by atoms with Gasteiger partial charge in [-0.3, -0.25) is 14.2 Å². The van der Waals surface area contributed by atoms with Crippen LogP contribution in [0.1, 0.15) is 44.8 Å². The third-order valence-electron chi connectivity index (χ3n) is 4.92. The SMILES string of the molecule is Cc1ccc(C(=O)NC2CC2)cc1-n1cnc(C(=O)Cc2ccccc2)c1N. The molecular weight excluding hydrogens is 352 g/mol. The molecular formula is C22H22N4O2. The van der Waals surface area contributed by atoms with Gasteiger partial charge in [-0.2, -0.15) is 0 Å². The average Bonchev–Trinajstić information content (AvgIpc) is 3.42. The summed E-state index contributed by atoms with van der Waals surface area (Å²) in [6.45, 7) is 1.93. The molecule has 1 aliphatic rings. The fourth-order valence-corrected chi connectivity index (χ4v) is 3.14. The number of nitrogens with one attached hydrogen (secondary N) is 1. The van der Waals surface area contributed by atoms with Gasteiger partial charge in [-0.1, -0.05) is 36.4 Å². The van der Waals surface area contributed by atoms with Gasteiger partial charge in [0.25, 0.3) is 5.91 Å². The van der Waals surface area contributed by atoms with Gasteiger partial charge in [-0.25, -0.2) is 4.98 Å². The van der Waals surface area contributed by atoms with Crippen LogP contribution in [0.5, 0.6) is 0 Å². The van der Waals surface area contributed by atoms with E-state index in [1.165, 1.54) is 0 Å². The number of benzene rings is 2. The van der Waals surface area contributed by atoms with Crippen LogP contribution in [-0.2, 0) is 6.42 Å². The van der Waals surface area contributed by atoms with Crippen LogP contribution in [0, 0.1) is 6.92 Å². The van der Waals surface area contributed by atoms with E-state index in [2.05, 4.69) is 10.3 Å². The van der Waals surface area contributed by atoms with Crippen LogP contribution in [0.3, 0.4) is 0 Å². The largest absolute Gasteiger partial charge is 0.383 e. The van der Waals surface area contributed by atoms with Gasteiger partial charge in [-0.05, 0) is 43.0 Å². The zero-order valence-corrected chi connectivity index (χ0v) is 15.7. The fourth-order valence-electron chi connectivity index (χ4n) is 3.14. The van der Waals surface area contributed by atoms with Crippen molar-refractivity contribution in [2.75, 3.05) is 5.73 Å². The number of hydrogen-bond donors (Lipinski definition) is 2. The molecule has 0 atom stereocenters. The summed E-state index contributed by atoms with van der Waals surface area (Å²) in [7, 11) is 0. The first-order valence-corrected chi connectivity index (χ1v) is 9.35. The van der Waals surface area contributed by atoms with Crippen molar-refractivity contribution in [1.29, 1.82) is 0 Å². The second-order valence-corrected chi connectivity index (χ2v) is 7.18. The number of ketones is 1. The van der Waals surface area contributed by atoms with Crippen molar-refractivity contribution in [3.8, 4) is 5.69 Å². The predicted molar refractivity (Wildman–Crippen MR) is 108 cm³/mol. The van der Waals surface area contributed by atoms with E-state index in [-0.39, 0.29) is 35.7 Å². The zero-order chi connectivity index (χ0) is 19.7. The van der Waals surface area contributed by atoms with Crippen LogP contribution in [-0.4, -0.2) is 27.3 Å². The molecule has 0 saturated heterocycles. The lowest BCUT2D eigenvalue weighted by molar-refractivity contribution is 0.0949. The highest BCUT2D eigenvalue weighted by Crippen LogP contribution is 2.24. The van der Waals surface area contributed by atoms with E-state index in [9.17, 15) is 9.59 Å². The number of carbonyl (C=O) groups is 2. The first kappa shape index (κ1) is 18.0. The Kier molecular flexibility index (Phi) is 4.69. The molecule has 1 aliphatic carbocycles. The number of hydrogen-bond acceptors (Lipinski definition) is 4. The molecule has 6 nitrogen and oxygen atoms in total. The molecule has 0 spiro atoms. The Morgan fingerprint density at radius 2 is 1.93 bits per heavy atom. The van der Waals surface area contributed by atoms with E-state index in [1.807, 2.05) is 43.3 Å². The number of rotatable bonds is 6. The normalized spacial score (nSPS) is 13.3. The van der Waals surface area contributed by atoms with Crippen LogP contribution in [0.15, 0.2) is 54.9 Å². The number of amides is 1.